The van der Waals surface area contributed by atoms with Gasteiger partial charge in [0.05, 0.1) is 0 Å². The molecule has 0 aromatic rings. The summed E-state index contributed by atoms with van der Waals surface area (Å²) < 4.78 is 0. The Hall–Kier alpha value is 1.28. The molecule has 0 unspecified atom stereocenters. The van der Waals surface area contributed by atoms with Crippen LogP contribution in [-0.4, -0.2) is 0 Å². The van der Waals surface area contributed by atoms with Crippen LogP contribution < -0.4 is 0 Å². The first kappa shape index (κ1) is 58.8. The van der Waals surface area contributed by atoms with Gasteiger partial charge in [-0.3, -0.25) is 0 Å². The van der Waals surface area contributed by atoms with Crippen molar-refractivity contribution in [3.8, 4) is 0 Å². The van der Waals surface area contributed by atoms with Gasteiger partial charge in [-0.25, -0.2) is 0 Å². The molecule has 0 rings (SSSR count). The van der Waals surface area contributed by atoms with Crippen LogP contribution in [0.5, 0.6) is 0 Å². The normalized spacial score (nSPS) is 0. The van der Waals surface area contributed by atoms with Crippen molar-refractivity contribution < 1.29 is 52.8 Å². The van der Waals surface area contributed by atoms with E-state index in [0.29, 0.717) is 0 Å². The predicted molar refractivity (Wildman–Crippen MR) is 1.37 cm³/mol. The van der Waals surface area contributed by atoms with Crippen LogP contribution in [0.1, 0.15) is 0 Å². The van der Waals surface area contributed by atoms with Gasteiger partial charge in [0.25, 0.3) is 0 Å². The molecule has 0 bridgehead atoms. The van der Waals surface area contributed by atoms with Gasteiger partial charge >= 0.3 is 41.8 Å². The standard InChI is InChI=1S/Ir.2O.Ti/q+3;2*-2;+4. The monoisotopic (exact) mass is 273 g/mol. The minimum absolute atomic E-state index is 0. The van der Waals surface area contributed by atoms with Crippen LogP contribution in [0, 0.1) is 0 Å². The summed E-state index contributed by atoms with van der Waals surface area (Å²) in [6.45, 7) is 0. The van der Waals surface area contributed by atoms with Crippen molar-refractivity contribution in [2.75, 3.05) is 0 Å². The predicted octanol–water partition coefficient (Wildman–Crippen LogP) is -0.243. The molecule has 0 aliphatic rings. The summed E-state index contributed by atoms with van der Waals surface area (Å²) in [5.41, 5.74) is 0. The molecule has 0 spiro atoms. The Morgan fingerprint density at radius 2 is 0.750 bits per heavy atom. The van der Waals surface area contributed by atoms with Crippen LogP contribution in [0.4, 0.5) is 0 Å². The fourth-order valence-corrected chi connectivity index (χ4v) is 0. The Morgan fingerprint density at radius 3 is 0.750 bits per heavy atom. The molecule has 2 nitrogen and oxygen atoms in total. The van der Waals surface area contributed by atoms with Crippen LogP contribution in [0.3, 0.4) is 0 Å². The maximum atomic E-state index is 0. The van der Waals surface area contributed by atoms with Crippen molar-refractivity contribution in [2.24, 2.45) is 0 Å². The molecule has 0 aromatic heterocycles. The van der Waals surface area contributed by atoms with Gasteiger partial charge in [-0.2, -0.15) is 0 Å². The van der Waals surface area contributed by atoms with Crippen molar-refractivity contribution in [1.29, 1.82) is 0 Å². The Bertz CT molecular complexity index is 6.00. The molecule has 4 heteroatoms. The smallest absolute Gasteiger partial charge is 2.00 e. The molecule has 0 heterocycles. The van der Waals surface area contributed by atoms with E-state index in [1.165, 1.54) is 0 Å². The summed E-state index contributed by atoms with van der Waals surface area (Å²) in [7, 11) is 0. The molecular weight excluding hydrogens is 272 g/mol. The molecule has 4 heavy (non-hydrogen) atoms. The zero-order valence-electron chi connectivity index (χ0n) is 1.65. The third kappa shape index (κ3) is 10.4. The molecule has 0 saturated heterocycles. The fraction of sp³-hybridized carbons (Fsp3) is 0. The molecule has 0 radical (unpaired) electrons. The van der Waals surface area contributed by atoms with Gasteiger partial charge in [0.2, 0.25) is 0 Å². The molecule has 0 N–H and O–H groups in total. The van der Waals surface area contributed by atoms with Crippen LogP contribution in [0.15, 0.2) is 0 Å². The van der Waals surface area contributed by atoms with Crippen LogP contribution in [-0.2, 0) is 52.8 Å². The van der Waals surface area contributed by atoms with E-state index < -0.39 is 0 Å². The van der Waals surface area contributed by atoms with E-state index >= 15 is 0 Å². The van der Waals surface area contributed by atoms with Crippen molar-refractivity contribution in [2.45, 2.75) is 0 Å². The minimum Gasteiger partial charge on any atom is -2.00 e. The molecule has 0 aromatic carbocycles. The molecule has 0 aliphatic heterocycles. The second-order valence-corrected chi connectivity index (χ2v) is 0. The summed E-state index contributed by atoms with van der Waals surface area (Å²) in [5, 5.41) is 0. The molecule has 0 fully saturated rings. The molecule has 0 atom stereocenters. The van der Waals surface area contributed by atoms with Crippen molar-refractivity contribution >= 4 is 0 Å². The van der Waals surface area contributed by atoms with E-state index in [2.05, 4.69) is 0 Å². The first-order chi connectivity index (χ1) is 0. The second-order valence-electron chi connectivity index (χ2n) is 0. The average Bonchev–Trinajstić information content (AvgIpc) is 0. The third-order valence-corrected chi connectivity index (χ3v) is 0. The number of rotatable bonds is 0. The van der Waals surface area contributed by atoms with Crippen molar-refractivity contribution in [3.05, 3.63) is 0 Å². The van der Waals surface area contributed by atoms with Gasteiger partial charge in [0, 0.05) is 0 Å². The molecule has 0 saturated carbocycles. The van der Waals surface area contributed by atoms with Gasteiger partial charge in [-0.15, -0.1) is 0 Å². The van der Waals surface area contributed by atoms with E-state index in [4.69, 9.17) is 0 Å². The zero-order valence-corrected chi connectivity index (χ0v) is 5.61. The molecule has 22 valence electrons. The van der Waals surface area contributed by atoms with Crippen molar-refractivity contribution in [1.82, 2.24) is 0 Å². The van der Waals surface area contributed by atoms with Gasteiger partial charge in [-0.1, -0.05) is 0 Å². The Balaban J connectivity index is 0. The van der Waals surface area contributed by atoms with Crippen LogP contribution in [0.25, 0.3) is 0 Å². The summed E-state index contributed by atoms with van der Waals surface area (Å²) in [6.07, 6.45) is 0. The topological polar surface area (TPSA) is 57.0 Å². The molecule has 0 aliphatic carbocycles. The van der Waals surface area contributed by atoms with E-state index in [9.17, 15) is 0 Å². The van der Waals surface area contributed by atoms with Gasteiger partial charge in [0.15, 0.2) is 0 Å². The van der Waals surface area contributed by atoms with Gasteiger partial charge in [-0.05, 0) is 0 Å². The Labute approximate surface area is 52.8 Å². The number of hydrogen-bond donors (Lipinski definition) is 0. The molecule has 0 amide bonds. The maximum Gasteiger partial charge on any atom is 4.00 e. The Morgan fingerprint density at radius 1 is 0.750 bits per heavy atom. The van der Waals surface area contributed by atoms with Crippen LogP contribution >= 0.6 is 0 Å². The summed E-state index contributed by atoms with van der Waals surface area (Å²) in [5.74, 6) is 0. The quantitative estimate of drug-likeness (QED) is 0.546. The summed E-state index contributed by atoms with van der Waals surface area (Å²) >= 11 is 0. The SMILES string of the molecule is [Ir+3].[O-2].[O-2].[Ti+4]. The molecular formula is IrO2Ti+3. The second kappa shape index (κ2) is 28.0. The minimum atomic E-state index is 0. The third-order valence-electron chi connectivity index (χ3n) is 0. The summed E-state index contributed by atoms with van der Waals surface area (Å²) in [6, 6.07) is 0. The van der Waals surface area contributed by atoms with Crippen molar-refractivity contribution in [3.63, 3.8) is 0 Å². The van der Waals surface area contributed by atoms with Crippen LogP contribution in [0.2, 0.25) is 0 Å². The van der Waals surface area contributed by atoms with E-state index in [1.54, 1.807) is 0 Å². The van der Waals surface area contributed by atoms with Gasteiger partial charge in [0.1, 0.15) is 0 Å². The first-order valence-electron chi connectivity index (χ1n) is 0. The maximum absolute atomic E-state index is 0. The largest absolute Gasteiger partial charge is 4.00 e. The van der Waals surface area contributed by atoms with E-state index in [0.717, 1.165) is 0 Å². The first-order valence-corrected chi connectivity index (χ1v) is 0. The average molecular weight is 272 g/mol. The number of hydrogen-bond acceptors (Lipinski definition) is 0. The van der Waals surface area contributed by atoms with E-state index in [1.807, 2.05) is 0 Å². The fourth-order valence-electron chi connectivity index (χ4n) is 0. The van der Waals surface area contributed by atoms with Gasteiger partial charge < -0.3 is 11.0 Å². The summed E-state index contributed by atoms with van der Waals surface area (Å²) in [4.78, 5) is 0. The zero-order chi connectivity index (χ0) is 0. The Kier molecular flexibility index (Phi) is 412. The van der Waals surface area contributed by atoms with E-state index in [-0.39, 0.29) is 52.8 Å².